The normalized spacial score (nSPS) is 12.8. The SMILES string of the molecule is COC(=O)N/C=C/CCC(C)c1cc(O)c(C(=O)/C(C)=C/c2cc3cc(CCC(C)C)ccc3n2C)c(=O)o1. The molecule has 0 aliphatic carbocycles. The Morgan fingerprint density at radius 2 is 1.90 bits per heavy atom. The molecule has 0 aliphatic heterocycles. The van der Waals surface area contributed by atoms with E-state index in [2.05, 4.69) is 42.1 Å². The molecule has 3 aromatic rings. The summed E-state index contributed by atoms with van der Waals surface area (Å²) < 4.78 is 11.9. The molecule has 0 saturated carbocycles. The summed E-state index contributed by atoms with van der Waals surface area (Å²) >= 11 is 0. The molecule has 0 radical (unpaired) electrons. The third-order valence-corrected chi connectivity index (χ3v) is 6.81. The predicted molar refractivity (Wildman–Crippen MR) is 153 cm³/mol. The topological polar surface area (TPSA) is 111 Å². The van der Waals surface area contributed by atoms with Crippen molar-refractivity contribution in [2.45, 2.75) is 59.3 Å². The van der Waals surface area contributed by atoms with Gasteiger partial charge in [0.25, 0.3) is 0 Å². The quantitative estimate of drug-likeness (QED) is 0.216. The number of carbonyl (C=O) groups is 2. The third-order valence-electron chi connectivity index (χ3n) is 6.81. The number of nitrogens with zero attached hydrogens (tertiary/aromatic N) is 1. The average molecular weight is 535 g/mol. The Hall–Kier alpha value is -4.07. The maximum Gasteiger partial charge on any atom is 0.410 e. The van der Waals surface area contributed by atoms with Gasteiger partial charge in [0.2, 0.25) is 0 Å². The van der Waals surface area contributed by atoms with Crippen LogP contribution >= 0.6 is 0 Å². The fourth-order valence-electron chi connectivity index (χ4n) is 4.36. The first-order valence-corrected chi connectivity index (χ1v) is 13.2. The molecule has 0 bridgehead atoms. The highest BCUT2D eigenvalue weighted by Gasteiger charge is 2.22. The van der Waals surface area contributed by atoms with Crippen LogP contribution in [-0.4, -0.2) is 28.7 Å². The number of allylic oxidation sites excluding steroid dienone is 2. The van der Waals surface area contributed by atoms with Gasteiger partial charge in [0, 0.05) is 41.8 Å². The number of rotatable bonds is 11. The molecular weight excluding hydrogens is 496 g/mol. The number of fused-ring (bicyclic) bond motifs is 1. The second-order valence-electron chi connectivity index (χ2n) is 10.3. The first-order chi connectivity index (χ1) is 18.5. The van der Waals surface area contributed by atoms with Gasteiger partial charge in [-0.15, -0.1) is 0 Å². The summed E-state index contributed by atoms with van der Waals surface area (Å²) in [6.07, 6.45) is 7.69. The van der Waals surface area contributed by atoms with Gasteiger partial charge in [0.05, 0.1) is 7.11 Å². The molecule has 39 heavy (non-hydrogen) atoms. The lowest BCUT2D eigenvalue weighted by Gasteiger charge is -2.11. The third kappa shape index (κ3) is 7.50. The first kappa shape index (κ1) is 29.5. The number of methoxy groups -OCH3 is 1. The van der Waals surface area contributed by atoms with Crippen LogP contribution in [0.25, 0.3) is 17.0 Å². The molecule has 2 heterocycles. The zero-order valence-electron chi connectivity index (χ0n) is 23.5. The molecule has 1 aromatic carbocycles. The van der Waals surface area contributed by atoms with Gasteiger partial charge in [0.1, 0.15) is 17.1 Å². The molecular formula is C31H38N2O6. The van der Waals surface area contributed by atoms with Crippen LogP contribution in [0, 0.1) is 5.92 Å². The summed E-state index contributed by atoms with van der Waals surface area (Å²) in [7, 11) is 3.21. The van der Waals surface area contributed by atoms with E-state index in [0.717, 1.165) is 29.4 Å². The van der Waals surface area contributed by atoms with Crippen molar-refractivity contribution >= 4 is 28.9 Å². The van der Waals surface area contributed by atoms with Gasteiger partial charge in [-0.1, -0.05) is 32.9 Å². The molecule has 3 rings (SSSR count). The van der Waals surface area contributed by atoms with E-state index in [1.807, 2.05) is 24.6 Å². The lowest BCUT2D eigenvalue weighted by atomic mass is 9.99. The van der Waals surface area contributed by atoms with Gasteiger partial charge in [-0.25, -0.2) is 9.59 Å². The van der Waals surface area contributed by atoms with Crippen LogP contribution in [0.2, 0.25) is 0 Å². The molecule has 8 heteroatoms. The minimum Gasteiger partial charge on any atom is -0.507 e. The number of amides is 1. The Balaban J connectivity index is 1.77. The van der Waals surface area contributed by atoms with E-state index in [9.17, 15) is 19.5 Å². The summed E-state index contributed by atoms with van der Waals surface area (Å²) in [5.74, 6) is -0.268. The van der Waals surface area contributed by atoms with Crippen LogP contribution < -0.4 is 10.9 Å². The highest BCUT2D eigenvalue weighted by atomic mass is 16.5. The summed E-state index contributed by atoms with van der Waals surface area (Å²) in [6.45, 7) is 7.89. The number of nitrogens with one attached hydrogen (secondary N) is 1. The number of hydrogen-bond acceptors (Lipinski definition) is 6. The number of aryl methyl sites for hydroxylation is 2. The van der Waals surface area contributed by atoms with Crippen LogP contribution in [0.1, 0.15) is 80.3 Å². The van der Waals surface area contributed by atoms with Gasteiger partial charge in [0.15, 0.2) is 5.78 Å². The number of Topliss-reactive ketones (excluding diaryl/α,β-unsaturated/α-hetero) is 1. The lowest BCUT2D eigenvalue weighted by molar-refractivity contribution is 0.102. The zero-order chi connectivity index (χ0) is 28.7. The Morgan fingerprint density at radius 1 is 1.15 bits per heavy atom. The Kier molecular flexibility index (Phi) is 9.93. The monoisotopic (exact) mass is 534 g/mol. The Bertz CT molecular complexity index is 1460. The van der Waals surface area contributed by atoms with Gasteiger partial charge >= 0.3 is 11.7 Å². The molecule has 0 spiro atoms. The van der Waals surface area contributed by atoms with Gasteiger partial charge in [-0.3, -0.25) is 10.1 Å². The summed E-state index contributed by atoms with van der Waals surface area (Å²) in [5, 5.41) is 14.1. The summed E-state index contributed by atoms with van der Waals surface area (Å²) in [5.41, 5.74) is 2.21. The minimum atomic E-state index is -0.871. The van der Waals surface area contributed by atoms with Crippen molar-refractivity contribution in [3.05, 3.63) is 81.2 Å². The number of hydrogen-bond donors (Lipinski definition) is 2. The highest BCUT2D eigenvalue weighted by Crippen LogP contribution is 2.27. The molecule has 0 fully saturated rings. The number of benzene rings is 1. The van der Waals surface area contributed by atoms with E-state index < -0.39 is 23.3 Å². The zero-order valence-corrected chi connectivity index (χ0v) is 23.5. The molecule has 1 atom stereocenters. The molecule has 1 amide bonds. The second-order valence-corrected chi connectivity index (χ2v) is 10.3. The van der Waals surface area contributed by atoms with E-state index in [1.165, 1.54) is 24.9 Å². The number of aromatic hydroxyl groups is 1. The minimum absolute atomic E-state index is 0.201. The van der Waals surface area contributed by atoms with E-state index >= 15 is 0 Å². The Labute approximate surface area is 229 Å². The standard InChI is InChI=1S/C31H38N2O6/c1-19(2)10-11-22-12-13-25-23(16-22)17-24(33(25)5)15-21(4)29(35)28-26(34)18-27(39-30(28)36)20(3)9-7-8-14-32-31(37)38-6/h8,12-20,34H,7,9-11H2,1-6H3,(H,32,37)/b14-8+,21-15+. The average Bonchev–Trinajstić information content (AvgIpc) is 3.20. The first-order valence-electron chi connectivity index (χ1n) is 13.2. The van der Waals surface area contributed by atoms with Crippen LogP contribution in [0.3, 0.4) is 0 Å². The second kappa shape index (κ2) is 13.1. The van der Waals surface area contributed by atoms with Gasteiger partial charge in [-0.2, -0.15) is 0 Å². The van der Waals surface area contributed by atoms with Crippen LogP contribution in [0.15, 0.2) is 57.4 Å². The molecule has 8 nitrogen and oxygen atoms in total. The van der Waals surface area contributed by atoms with Crippen molar-refractivity contribution in [1.29, 1.82) is 0 Å². The lowest BCUT2D eigenvalue weighted by Crippen LogP contribution is -2.17. The highest BCUT2D eigenvalue weighted by molar-refractivity contribution is 6.12. The number of ether oxygens (including phenoxy) is 1. The molecule has 1 unspecified atom stereocenters. The fourth-order valence-corrected chi connectivity index (χ4v) is 4.36. The van der Waals surface area contributed by atoms with E-state index in [4.69, 9.17) is 4.42 Å². The summed E-state index contributed by atoms with van der Waals surface area (Å²) in [6, 6.07) is 9.76. The molecule has 0 aliphatic rings. The van der Waals surface area contributed by atoms with Crippen LogP contribution in [0.4, 0.5) is 4.79 Å². The molecule has 2 N–H and O–H groups in total. The van der Waals surface area contributed by atoms with E-state index in [1.54, 1.807) is 19.1 Å². The van der Waals surface area contributed by atoms with Crippen molar-refractivity contribution in [2.75, 3.05) is 7.11 Å². The summed E-state index contributed by atoms with van der Waals surface area (Å²) in [4.78, 5) is 37.0. The van der Waals surface area contributed by atoms with E-state index in [-0.39, 0.29) is 17.2 Å². The maximum atomic E-state index is 13.2. The molecule has 2 aromatic heterocycles. The van der Waals surface area contributed by atoms with Crippen LogP contribution in [0.5, 0.6) is 5.75 Å². The number of carbonyl (C=O) groups excluding carboxylic acids is 2. The predicted octanol–water partition coefficient (Wildman–Crippen LogP) is 6.47. The van der Waals surface area contributed by atoms with Crippen molar-refractivity contribution in [3.8, 4) is 5.75 Å². The maximum absolute atomic E-state index is 13.2. The van der Waals surface area contributed by atoms with Crippen molar-refractivity contribution in [1.82, 2.24) is 9.88 Å². The van der Waals surface area contributed by atoms with Gasteiger partial charge in [-0.05, 0) is 73.9 Å². The van der Waals surface area contributed by atoms with E-state index in [0.29, 0.717) is 24.3 Å². The Morgan fingerprint density at radius 3 is 2.56 bits per heavy atom. The molecule has 0 saturated heterocycles. The number of alkyl carbamates (subject to hydrolysis) is 1. The largest absolute Gasteiger partial charge is 0.507 e. The van der Waals surface area contributed by atoms with Gasteiger partial charge < -0.3 is 18.8 Å². The fraction of sp³-hybridized carbons (Fsp3) is 0.387. The van der Waals surface area contributed by atoms with Crippen molar-refractivity contribution in [2.24, 2.45) is 13.0 Å². The van der Waals surface area contributed by atoms with Crippen LogP contribution in [-0.2, 0) is 18.2 Å². The number of aromatic nitrogens is 1. The number of ketones is 1. The van der Waals surface area contributed by atoms with Crippen molar-refractivity contribution in [3.63, 3.8) is 0 Å². The van der Waals surface area contributed by atoms with Crippen molar-refractivity contribution < 1.29 is 23.8 Å². The smallest absolute Gasteiger partial charge is 0.410 e. The molecule has 208 valence electrons.